The van der Waals surface area contributed by atoms with E-state index in [-0.39, 0.29) is 21.4 Å². The molecule has 1 fully saturated rings. The monoisotopic (exact) mass is 431 g/mol. The highest BCUT2D eigenvalue weighted by Gasteiger charge is 2.22. The van der Waals surface area contributed by atoms with Gasteiger partial charge in [0.25, 0.3) is 5.91 Å². The number of halogens is 5. The number of carbonyl (C=O) groups is 1. The van der Waals surface area contributed by atoms with Crippen molar-refractivity contribution in [3.05, 3.63) is 65.4 Å². The Morgan fingerprint density at radius 1 is 1.24 bits per heavy atom. The van der Waals surface area contributed by atoms with Crippen molar-refractivity contribution < 1.29 is 26.7 Å². The van der Waals surface area contributed by atoms with Gasteiger partial charge in [-0.05, 0) is 50.5 Å². The Kier molecular flexibility index (Phi) is 8.49. The maximum atomic E-state index is 14.2. The lowest BCUT2D eigenvalue weighted by atomic mass is 10.2. The molecule has 1 aromatic rings. The predicted octanol–water partition coefficient (Wildman–Crippen LogP) is 6.86. The molecule has 0 radical (unpaired) electrons. The van der Waals surface area contributed by atoms with Gasteiger partial charge in [-0.2, -0.15) is 0 Å². The number of benzene rings is 1. The van der Waals surface area contributed by atoms with Gasteiger partial charge in [0.05, 0.1) is 0 Å². The molecule has 2 unspecified atom stereocenters. The van der Waals surface area contributed by atoms with Crippen molar-refractivity contribution >= 4 is 17.7 Å². The van der Waals surface area contributed by atoms with E-state index in [4.69, 9.17) is 0 Å². The molecule has 0 saturated heterocycles. The number of hydrogen-bond donors (Lipinski definition) is 1. The summed E-state index contributed by atoms with van der Waals surface area (Å²) in [7, 11) is 0. The molecule has 1 amide bonds. The van der Waals surface area contributed by atoms with Gasteiger partial charge in [0, 0.05) is 21.4 Å². The van der Waals surface area contributed by atoms with Crippen molar-refractivity contribution in [2.24, 2.45) is 0 Å². The van der Waals surface area contributed by atoms with E-state index in [9.17, 15) is 26.7 Å². The molecular formula is C21H22F5NOS. The van der Waals surface area contributed by atoms with E-state index in [1.165, 1.54) is 23.9 Å². The molecule has 158 valence electrons. The molecule has 0 aromatic heterocycles. The third-order valence-electron chi connectivity index (χ3n) is 4.39. The van der Waals surface area contributed by atoms with Crippen LogP contribution in [0.2, 0.25) is 0 Å². The largest absolute Gasteiger partial charge is 0.322 e. The standard InChI is InChI=1S/C21H22F5NOS/c1-12(9-18(25)20(26)13(2)22)27-21(28)14-7-8-17(24)19(10-14)29-16-6-4-3-5-15(23)11-16/h7-10,15-16H,1,3-6,11H2,2H3,(H,27,28)/b18-9+,20-13-. The number of thioether (sulfide) groups is 1. The average Bonchev–Trinajstić information content (AvgIpc) is 2.86. The van der Waals surface area contributed by atoms with Crippen LogP contribution in [0.3, 0.4) is 0 Å². The van der Waals surface area contributed by atoms with Crippen LogP contribution in [0.1, 0.15) is 49.4 Å². The number of carbonyl (C=O) groups excluding carboxylic acids is 1. The summed E-state index contributed by atoms with van der Waals surface area (Å²) < 4.78 is 67.3. The van der Waals surface area contributed by atoms with Crippen molar-refractivity contribution in [3.63, 3.8) is 0 Å². The molecule has 29 heavy (non-hydrogen) atoms. The number of hydrogen-bond acceptors (Lipinski definition) is 2. The second-order valence-corrected chi connectivity index (χ2v) is 8.16. The Bertz CT molecular complexity index is 832. The fourth-order valence-electron chi connectivity index (χ4n) is 2.92. The Balaban J connectivity index is 2.09. The van der Waals surface area contributed by atoms with Gasteiger partial charge in [-0.3, -0.25) is 4.79 Å². The van der Waals surface area contributed by atoms with E-state index in [2.05, 4.69) is 11.9 Å². The van der Waals surface area contributed by atoms with Gasteiger partial charge in [-0.25, -0.2) is 22.0 Å². The van der Waals surface area contributed by atoms with Gasteiger partial charge in [-0.15, -0.1) is 11.8 Å². The van der Waals surface area contributed by atoms with E-state index < -0.39 is 35.4 Å². The number of alkyl halides is 1. The van der Waals surface area contributed by atoms with E-state index in [1.54, 1.807) is 0 Å². The van der Waals surface area contributed by atoms with Gasteiger partial charge in [0.2, 0.25) is 0 Å². The highest BCUT2D eigenvalue weighted by molar-refractivity contribution is 8.00. The molecule has 2 atom stereocenters. The highest BCUT2D eigenvalue weighted by atomic mass is 32.2. The van der Waals surface area contributed by atoms with E-state index >= 15 is 0 Å². The summed E-state index contributed by atoms with van der Waals surface area (Å²) in [6.45, 7) is 4.12. The fourth-order valence-corrected chi connectivity index (χ4v) is 4.24. The highest BCUT2D eigenvalue weighted by Crippen LogP contribution is 2.35. The predicted molar refractivity (Wildman–Crippen MR) is 105 cm³/mol. The van der Waals surface area contributed by atoms with Crippen LogP contribution in [-0.4, -0.2) is 17.3 Å². The average molecular weight is 431 g/mol. The molecule has 0 heterocycles. The maximum Gasteiger partial charge on any atom is 0.255 e. The Morgan fingerprint density at radius 2 is 1.93 bits per heavy atom. The zero-order chi connectivity index (χ0) is 21.6. The van der Waals surface area contributed by atoms with Crippen LogP contribution in [0.5, 0.6) is 0 Å². The number of amides is 1. The first-order valence-corrected chi connectivity index (χ1v) is 10.0. The Hall–Kier alpha value is -2.09. The second kappa shape index (κ2) is 10.6. The molecule has 0 aliphatic heterocycles. The van der Waals surface area contributed by atoms with Gasteiger partial charge >= 0.3 is 0 Å². The van der Waals surface area contributed by atoms with Crippen molar-refractivity contribution in [2.75, 3.05) is 0 Å². The van der Waals surface area contributed by atoms with Crippen LogP contribution in [0.25, 0.3) is 0 Å². The summed E-state index contributed by atoms with van der Waals surface area (Å²) in [4.78, 5) is 12.5. The molecule has 1 aliphatic rings. The third-order valence-corrected chi connectivity index (χ3v) is 5.71. The SMILES string of the molecule is C=C(/C=C(F)\C(F)=C(/C)F)NC(=O)c1ccc(F)c(SC2CCCCC(F)C2)c1. The normalized spacial score (nSPS) is 21.2. The smallest absolute Gasteiger partial charge is 0.255 e. The van der Waals surface area contributed by atoms with Gasteiger partial charge < -0.3 is 5.32 Å². The zero-order valence-corrected chi connectivity index (χ0v) is 16.7. The quantitative estimate of drug-likeness (QED) is 0.303. The van der Waals surface area contributed by atoms with Crippen molar-refractivity contribution in [3.8, 4) is 0 Å². The van der Waals surface area contributed by atoms with Crippen molar-refractivity contribution in [2.45, 2.75) is 55.3 Å². The molecule has 1 aromatic carbocycles. The van der Waals surface area contributed by atoms with E-state index in [0.717, 1.165) is 32.3 Å². The van der Waals surface area contributed by atoms with Crippen molar-refractivity contribution in [1.82, 2.24) is 5.32 Å². The minimum absolute atomic E-state index is 0.0759. The first-order chi connectivity index (χ1) is 13.7. The summed E-state index contributed by atoms with van der Waals surface area (Å²) >= 11 is 1.19. The van der Waals surface area contributed by atoms with Gasteiger partial charge in [0.15, 0.2) is 11.7 Å². The molecule has 8 heteroatoms. The van der Waals surface area contributed by atoms with Gasteiger partial charge in [-0.1, -0.05) is 19.4 Å². The molecular weight excluding hydrogens is 409 g/mol. The van der Waals surface area contributed by atoms with Crippen LogP contribution in [-0.2, 0) is 0 Å². The summed E-state index contributed by atoms with van der Waals surface area (Å²) in [5, 5.41) is 2.14. The first kappa shape index (κ1) is 23.2. The van der Waals surface area contributed by atoms with Gasteiger partial charge in [0.1, 0.15) is 17.8 Å². The topological polar surface area (TPSA) is 29.1 Å². The lowest BCUT2D eigenvalue weighted by molar-refractivity contribution is 0.0967. The molecule has 2 nitrogen and oxygen atoms in total. The summed E-state index contributed by atoms with van der Waals surface area (Å²) in [5.41, 5.74) is -0.224. The van der Waals surface area contributed by atoms with Crippen LogP contribution in [0, 0.1) is 5.82 Å². The van der Waals surface area contributed by atoms with Crippen LogP contribution in [0.15, 0.2) is 58.9 Å². The summed E-state index contributed by atoms with van der Waals surface area (Å²) in [5.74, 6) is -5.78. The molecule has 1 N–H and O–H groups in total. The van der Waals surface area contributed by atoms with E-state index in [1.807, 2.05) is 0 Å². The molecule has 0 bridgehead atoms. The Morgan fingerprint density at radius 3 is 2.62 bits per heavy atom. The maximum absolute atomic E-state index is 14.2. The second-order valence-electron chi connectivity index (χ2n) is 6.82. The molecule has 1 saturated carbocycles. The first-order valence-electron chi connectivity index (χ1n) is 9.17. The molecule has 2 rings (SSSR count). The number of rotatable bonds is 6. The Labute approximate surface area is 170 Å². The fraction of sp³-hybridized carbons (Fsp3) is 0.381. The molecule has 0 spiro atoms. The minimum Gasteiger partial charge on any atom is -0.322 e. The summed E-state index contributed by atoms with van der Waals surface area (Å²) in [6, 6.07) is 3.68. The van der Waals surface area contributed by atoms with Crippen molar-refractivity contribution in [1.29, 1.82) is 0 Å². The lowest BCUT2D eigenvalue weighted by Crippen LogP contribution is -2.21. The van der Waals surface area contributed by atoms with Crippen LogP contribution in [0.4, 0.5) is 22.0 Å². The molecule has 1 aliphatic carbocycles. The third kappa shape index (κ3) is 7.03. The van der Waals surface area contributed by atoms with Crippen LogP contribution < -0.4 is 5.32 Å². The number of nitrogens with one attached hydrogen (secondary N) is 1. The van der Waals surface area contributed by atoms with Crippen LogP contribution >= 0.6 is 11.8 Å². The number of allylic oxidation sites excluding steroid dienone is 4. The lowest BCUT2D eigenvalue weighted by Gasteiger charge is -2.16. The summed E-state index contributed by atoms with van der Waals surface area (Å²) in [6.07, 6.45) is 2.88. The van der Waals surface area contributed by atoms with E-state index in [0.29, 0.717) is 18.9 Å². The zero-order valence-electron chi connectivity index (χ0n) is 15.9. The minimum atomic E-state index is -1.68.